The van der Waals surface area contributed by atoms with Crippen LogP contribution in [0.3, 0.4) is 0 Å². The molecule has 10 heteroatoms. The Morgan fingerprint density at radius 1 is 0.500 bits per heavy atom. The largest absolute Gasteiger partial charge is 0.545 e. The number of nitrogens with one attached hydrogen (secondary N) is 2. The smallest absolute Gasteiger partial charge is 0.248 e. The monoisotopic (exact) mass is 486 g/mol. The Morgan fingerprint density at radius 3 is 1.06 bits per heavy atom. The number of rotatable bonds is 10. The third kappa shape index (κ3) is 8.52. The second-order valence-electron chi connectivity index (χ2n) is 7.01. The third-order valence-electron chi connectivity index (χ3n) is 4.28. The summed E-state index contributed by atoms with van der Waals surface area (Å²) >= 11 is 0. The molecule has 3 aromatic carbocycles. The summed E-state index contributed by atoms with van der Waals surface area (Å²) in [5, 5.41) is 25.7. The van der Waals surface area contributed by atoms with Gasteiger partial charge < -0.3 is 39.9 Å². The summed E-state index contributed by atoms with van der Waals surface area (Å²) in [4.78, 5) is 43.8. The molecule has 3 aromatic rings. The fourth-order valence-electron chi connectivity index (χ4n) is 2.72. The first-order chi connectivity index (χ1) is 17.3. The van der Waals surface area contributed by atoms with Gasteiger partial charge in [-0.25, -0.2) is 0 Å². The van der Waals surface area contributed by atoms with E-state index in [-0.39, 0.29) is 0 Å². The number of hydrogen-bond acceptors (Lipinski definition) is 8. The average Bonchev–Trinajstić information content (AvgIpc) is 2.85. The van der Waals surface area contributed by atoms with Gasteiger partial charge in [-0.2, -0.15) is 0 Å². The van der Waals surface area contributed by atoms with Crippen molar-refractivity contribution in [1.82, 2.24) is 0 Å². The van der Waals surface area contributed by atoms with Crippen LogP contribution in [0.1, 0.15) is 0 Å². The molecule has 0 saturated carbocycles. The Bertz CT molecular complexity index is 1190. The van der Waals surface area contributed by atoms with E-state index in [1.807, 2.05) is 0 Å². The highest BCUT2D eigenvalue weighted by atomic mass is 16.5. The molecule has 0 aliphatic carbocycles. The van der Waals surface area contributed by atoms with Crippen molar-refractivity contribution in [2.75, 3.05) is 10.6 Å². The zero-order chi connectivity index (χ0) is 25.9. The maximum Gasteiger partial charge on any atom is 0.248 e. The summed E-state index contributed by atoms with van der Waals surface area (Å²) in [6.45, 7) is 0. The van der Waals surface area contributed by atoms with Gasteiger partial charge in [-0.3, -0.25) is 9.59 Å². The maximum atomic E-state index is 11.6. The molecule has 0 aliphatic rings. The molecule has 0 spiro atoms. The van der Waals surface area contributed by atoms with E-state index in [1.165, 1.54) is 0 Å². The van der Waals surface area contributed by atoms with Gasteiger partial charge in [0.1, 0.15) is 23.0 Å². The predicted molar refractivity (Wildman–Crippen MR) is 125 cm³/mol. The van der Waals surface area contributed by atoms with Crippen molar-refractivity contribution in [1.29, 1.82) is 0 Å². The topological polar surface area (TPSA) is 157 Å². The van der Waals surface area contributed by atoms with E-state index < -0.39 is 23.8 Å². The number of hydrogen-bond donors (Lipinski definition) is 2. The molecular formula is C26H18N2O8-2. The van der Waals surface area contributed by atoms with Crippen LogP contribution in [0, 0.1) is 0 Å². The fraction of sp³-hybridized carbons (Fsp3) is 0. The summed E-state index contributed by atoms with van der Waals surface area (Å²) < 4.78 is 11.5. The fourth-order valence-corrected chi connectivity index (χ4v) is 2.72. The molecule has 2 amide bonds. The summed E-state index contributed by atoms with van der Waals surface area (Å²) in [7, 11) is 0. The first-order valence-corrected chi connectivity index (χ1v) is 10.3. The molecule has 0 fully saturated rings. The van der Waals surface area contributed by atoms with Crippen LogP contribution in [0.2, 0.25) is 0 Å². The van der Waals surface area contributed by atoms with Gasteiger partial charge in [0.15, 0.2) is 0 Å². The lowest BCUT2D eigenvalue weighted by Crippen LogP contribution is -2.20. The first kappa shape index (κ1) is 25.2. The summed E-state index contributed by atoms with van der Waals surface area (Å²) in [5.74, 6) is -2.02. The molecule has 36 heavy (non-hydrogen) atoms. The van der Waals surface area contributed by atoms with E-state index >= 15 is 0 Å². The van der Waals surface area contributed by atoms with E-state index in [1.54, 1.807) is 72.8 Å². The minimum atomic E-state index is -1.46. The van der Waals surface area contributed by atoms with E-state index in [9.17, 15) is 29.4 Å². The molecular weight excluding hydrogens is 468 g/mol. The van der Waals surface area contributed by atoms with Crippen molar-refractivity contribution >= 4 is 35.1 Å². The van der Waals surface area contributed by atoms with Crippen LogP contribution < -0.4 is 30.3 Å². The van der Waals surface area contributed by atoms with Gasteiger partial charge in [-0.05, 0) is 84.9 Å². The van der Waals surface area contributed by atoms with Crippen LogP contribution in [0.15, 0.2) is 97.1 Å². The summed E-state index contributed by atoms with van der Waals surface area (Å²) in [6, 6.07) is 19.8. The predicted octanol–water partition coefficient (Wildman–Crippen LogP) is 1.76. The second-order valence-corrected chi connectivity index (χ2v) is 7.01. The number of carboxylic acid groups (broad SMARTS) is 2. The standard InChI is InChI=1S/C26H20N2O8/c29-23(13-15-25(31)32)27-17-1-5-19(6-2-17)35-21-9-11-22(12-10-21)36-20-7-3-18(4-8-20)28-24(30)14-16-26(33)34/h1-16H,(H,27,29)(H,28,30)(H,31,32)(H,33,34)/p-2/b15-13+,16-14+. The highest BCUT2D eigenvalue weighted by molar-refractivity contribution is 6.02. The highest BCUT2D eigenvalue weighted by Gasteiger charge is 2.03. The molecule has 0 bridgehead atoms. The summed E-state index contributed by atoms with van der Waals surface area (Å²) in [6.07, 6.45) is 2.99. The molecule has 0 saturated heterocycles. The molecule has 0 heterocycles. The molecule has 0 unspecified atom stereocenters. The highest BCUT2D eigenvalue weighted by Crippen LogP contribution is 2.28. The molecule has 0 aromatic heterocycles. The molecule has 2 N–H and O–H groups in total. The number of benzene rings is 3. The summed E-state index contributed by atoms with van der Waals surface area (Å²) in [5.41, 5.74) is 0.914. The lowest BCUT2D eigenvalue weighted by atomic mass is 10.2. The Labute approximate surface area is 205 Å². The lowest BCUT2D eigenvalue weighted by molar-refractivity contribution is -0.298. The van der Waals surface area contributed by atoms with Crippen molar-refractivity contribution in [3.8, 4) is 23.0 Å². The van der Waals surface area contributed by atoms with Gasteiger partial charge in [0, 0.05) is 23.5 Å². The molecule has 0 aliphatic heterocycles. The van der Waals surface area contributed by atoms with Gasteiger partial charge in [-0.1, -0.05) is 0 Å². The number of carbonyl (C=O) groups is 4. The zero-order valence-electron chi connectivity index (χ0n) is 18.5. The van der Waals surface area contributed by atoms with Crippen LogP contribution in [0.25, 0.3) is 0 Å². The normalized spacial score (nSPS) is 10.7. The minimum absolute atomic E-state index is 0.457. The van der Waals surface area contributed by atoms with E-state index in [4.69, 9.17) is 9.47 Å². The number of ether oxygens (including phenoxy) is 2. The molecule has 10 nitrogen and oxygen atoms in total. The van der Waals surface area contributed by atoms with Gasteiger partial charge in [0.2, 0.25) is 11.8 Å². The van der Waals surface area contributed by atoms with Crippen LogP contribution in [0.5, 0.6) is 23.0 Å². The Hall–Kier alpha value is -5.38. The van der Waals surface area contributed by atoms with E-state index in [2.05, 4.69) is 10.6 Å². The number of anilines is 2. The lowest BCUT2D eigenvalue weighted by Gasteiger charge is -2.10. The van der Waals surface area contributed by atoms with E-state index in [0.29, 0.717) is 46.5 Å². The molecule has 182 valence electrons. The molecule has 0 atom stereocenters. The quantitative estimate of drug-likeness (QED) is 0.411. The SMILES string of the molecule is O=C([O-])/C=C/C(=O)Nc1ccc(Oc2ccc(Oc3ccc(NC(=O)/C=C/C(=O)[O-])cc3)cc2)cc1. The van der Waals surface area contributed by atoms with Crippen LogP contribution in [-0.2, 0) is 19.2 Å². The van der Waals surface area contributed by atoms with Gasteiger partial charge in [0.25, 0.3) is 0 Å². The Morgan fingerprint density at radius 2 is 0.778 bits per heavy atom. The van der Waals surface area contributed by atoms with Gasteiger partial charge in [0.05, 0.1) is 11.9 Å². The zero-order valence-corrected chi connectivity index (χ0v) is 18.5. The Kier molecular flexibility index (Phi) is 8.55. The maximum absolute atomic E-state index is 11.6. The van der Waals surface area contributed by atoms with E-state index in [0.717, 1.165) is 12.2 Å². The van der Waals surface area contributed by atoms with Gasteiger partial charge >= 0.3 is 0 Å². The Balaban J connectivity index is 1.51. The first-order valence-electron chi connectivity index (χ1n) is 10.3. The molecule has 3 rings (SSSR count). The minimum Gasteiger partial charge on any atom is -0.545 e. The number of aliphatic carboxylic acids is 2. The third-order valence-corrected chi connectivity index (χ3v) is 4.28. The number of carbonyl (C=O) groups excluding carboxylic acids is 4. The van der Waals surface area contributed by atoms with Crippen LogP contribution in [-0.4, -0.2) is 23.8 Å². The van der Waals surface area contributed by atoms with Crippen molar-refractivity contribution in [3.05, 3.63) is 97.1 Å². The molecule has 0 radical (unpaired) electrons. The number of amides is 2. The van der Waals surface area contributed by atoms with Crippen molar-refractivity contribution in [3.63, 3.8) is 0 Å². The average molecular weight is 486 g/mol. The second kappa shape index (κ2) is 12.2. The van der Waals surface area contributed by atoms with Crippen molar-refractivity contribution in [2.24, 2.45) is 0 Å². The number of carboxylic acids is 2. The van der Waals surface area contributed by atoms with Crippen molar-refractivity contribution < 1.29 is 38.9 Å². The van der Waals surface area contributed by atoms with Gasteiger partial charge in [-0.15, -0.1) is 0 Å². The van der Waals surface area contributed by atoms with Crippen molar-refractivity contribution in [2.45, 2.75) is 0 Å². The van der Waals surface area contributed by atoms with Crippen LogP contribution >= 0.6 is 0 Å². The van der Waals surface area contributed by atoms with Crippen LogP contribution in [0.4, 0.5) is 11.4 Å².